The van der Waals surface area contributed by atoms with Gasteiger partial charge in [-0.2, -0.15) is 0 Å². The Labute approximate surface area is 193 Å². The standard InChI is InChI=1S/C28H37NO3/c1-2-3-4-5-6-10-21-31-26-19-15-24(16-20-26)28(30)32-27-17-13-23(14-18-27)22-29-25-11-8-7-9-12-25/h13-20,22,25H,2-12,21H2,1H3. The number of hydrogen-bond donors (Lipinski definition) is 0. The Morgan fingerprint density at radius 2 is 1.53 bits per heavy atom. The number of benzene rings is 2. The smallest absolute Gasteiger partial charge is 0.343 e. The molecule has 3 rings (SSSR count). The van der Waals surface area contributed by atoms with Crippen molar-refractivity contribution in [3.63, 3.8) is 0 Å². The summed E-state index contributed by atoms with van der Waals surface area (Å²) in [6, 6.07) is 15.1. The van der Waals surface area contributed by atoms with Crippen LogP contribution in [0.3, 0.4) is 0 Å². The molecule has 0 aliphatic heterocycles. The third-order valence-electron chi connectivity index (χ3n) is 5.96. The molecule has 0 heterocycles. The Morgan fingerprint density at radius 3 is 2.25 bits per heavy atom. The molecule has 1 fully saturated rings. The van der Waals surface area contributed by atoms with Crippen LogP contribution in [0.15, 0.2) is 53.5 Å². The van der Waals surface area contributed by atoms with Crippen LogP contribution in [0.25, 0.3) is 0 Å². The average molecular weight is 436 g/mol. The van der Waals surface area contributed by atoms with E-state index in [4.69, 9.17) is 14.5 Å². The van der Waals surface area contributed by atoms with E-state index in [0.29, 0.717) is 24.0 Å². The second kappa shape index (κ2) is 13.7. The molecule has 0 atom stereocenters. The number of ether oxygens (including phenoxy) is 2. The van der Waals surface area contributed by atoms with Crippen molar-refractivity contribution in [3.8, 4) is 11.5 Å². The lowest BCUT2D eigenvalue weighted by atomic mass is 9.96. The van der Waals surface area contributed by atoms with Gasteiger partial charge in [0.2, 0.25) is 0 Å². The summed E-state index contributed by atoms with van der Waals surface area (Å²) < 4.78 is 11.3. The fraction of sp³-hybridized carbons (Fsp3) is 0.500. The summed E-state index contributed by atoms with van der Waals surface area (Å²) in [6.07, 6.45) is 15.6. The molecule has 0 radical (unpaired) electrons. The lowest BCUT2D eigenvalue weighted by Gasteiger charge is -2.17. The molecule has 32 heavy (non-hydrogen) atoms. The number of unbranched alkanes of at least 4 members (excludes halogenated alkanes) is 5. The lowest BCUT2D eigenvalue weighted by Crippen LogP contribution is -2.09. The van der Waals surface area contributed by atoms with E-state index in [1.165, 1.54) is 64.2 Å². The van der Waals surface area contributed by atoms with Crippen LogP contribution in [0.5, 0.6) is 11.5 Å². The minimum atomic E-state index is -0.365. The molecule has 1 aliphatic carbocycles. The fourth-order valence-electron chi connectivity index (χ4n) is 3.97. The van der Waals surface area contributed by atoms with Crippen LogP contribution in [-0.4, -0.2) is 24.8 Å². The molecule has 0 saturated heterocycles. The molecule has 0 bridgehead atoms. The van der Waals surface area contributed by atoms with Gasteiger partial charge in [-0.3, -0.25) is 4.99 Å². The van der Waals surface area contributed by atoms with E-state index < -0.39 is 0 Å². The first-order chi connectivity index (χ1) is 15.7. The van der Waals surface area contributed by atoms with Crippen LogP contribution in [0.1, 0.15) is 93.5 Å². The van der Waals surface area contributed by atoms with Gasteiger partial charge in [-0.15, -0.1) is 0 Å². The number of rotatable bonds is 12. The maximum atomic E-state index is 12.4. The summed E-state index contributed by atoms with van der Waals surface area (Å²) >= 11 is 0. The Balaban J connectivity index is 1.40. The molecule has 0 unspecified atom stereocenters. The van der Waals surface area contributed by atoms with Gasteiger partial charge in [0.25, 0.3) is 0 Å². The number of carbonyl (C=O) groups is 1. The average Bonchev–Trinajstić information content (AvgIpc) is 2.84. The molecule has 1 saturated carbocycles. The largest absolute Gasteiger partial charge is 0.494 e. The van der Waals surface area contributed by atoms with Crippen molar-refractivity contribution in [3.05, 3.63) is 59.7 Å². The van der Waals surface area contributed by atoms with Gasteiger partial charge in [0.15, 0.2) is 0 Å². The number of hydrogen-bond acceptors (Lipinski definition) is 4. The minimum absolute atomic E-state index is 0.365. The van der Waals surface area contributed by atoms with Crippen LogP contribution in [-0.2, 0) is 0 Å². The van der Waals surface area contributed by atoms with E-state index in [0.717, 1.165) is 17.7 Å². The van der Waals surface area contributed by atoms with Crippen LogP contribution < -0.4 is 9.47 Å². The molecule has 2 aromatic carbocycles. The lowest BCUT2D eigenvalue weighted by molar-refractivity contribution is 0.0734. The topological polar surface area (TPSA) is 47.9 Å². The highest BCUT2D eigenvalue weighted by atomic mass is 16.5. The van der Waals surface area contributed by atoms with Crippen molar-refractivity contribution in [2.75, 3.05) is 6.61 Å². The van der Waals surface area contributed by atoms with Gasteiger partial charge in [0.05, 0.1) is 12.2 Å². The minimum Gasteiger partial charge on any atom is -0.494 e. The summed E-state index contributed by atoms with van der Waals surface area (Å²) in [4.78, 5) is 17.1. The molecule has 0 amide bonds. The second-order valence-corrected chi connectivity index (χ2v) is 8.67. The van der Waals surface area contributed by atoms with Gasteiger partial charge in [0, 0.05) is 12.3 Å². The quantitative estimate of drug-likeness (QED) is 0.151. The third kappa shape index (κ3) is 8.49. The molecule has 0 aromatic heterocycles. The normalized spacial score (nSPS) is 14.5. The van der Waals surface area contributed by atoms with E-state index >= 15 is 0 Å². The highest BCUT2D eigenvalue weighted by Crippen LogP contribution is 2.21. The third-order valence-corrected chi connectivity index (χ3v) is 5.96. The summed E-state index contributed by atoms with van der Waals surface area (Å²) in [6.45, 7) is 2.94. The molecule has 4 nitrogen and oxygen atoms in total. The number of aliphatic imine (C=N–C) groups is 1. The summed E-state index contributed by atoms with van der Waals surface area (Å²) in [5, 5.41) is 0. The molecule has 0 spiro atoms. The van der Waals surface area contributed by atoms with Crippen molar-refractivity contribution in [2.45, 2.75) is 83.6 Å². The first-order valence-corrected chi connectivity index (χ1v) is 12.3. The van der Waals surface area contributed by atoms with Crippen LogP contribution >= 0.6 is 0 Å². The van der Waals surface area contributed by atoms with Crippen molar-refractivity contribution in [1.29, 1.82) is 0 Å². The van der Waals surface area contributed by atoms with Crippen LogP contribution in [0.4, 0.5) is 0 Å². The summed E-state index contributed by atoms with van der Waals surface area (Å²) in [5.41, 5.74) is 1.54. The van der Waals surface area contributed by atoms with Gasteiger partial charge in [0.1, 0.15) is 11.5 Å². The van der Waals surface area contributed by atoms with E-state index in [2.05, 4.69) is 6.92 Å². The first-order valence-electron chi connectivity index (χ1n) is 12.3. The maximum Gasteiger partial charge on any atom is 0.343 e. The van der Waals surface area contributed by atoms with Gasteiger partial charge in [-0.1, -0.05) is 58.3 Å². The van der Waals surface area contributed by atoms with Crippen LogP contribution in [0.2, 0.25) is 0 Å². The number of carbonyl (C=O) groups excluding carboxylic acids is 1. The molecular weight excluding hydrogens is 398 g/mol. The van der Waals surface area contributed by atoms with Crippen molar-refractivity contribution in [1.82, 2.24) is 0 Å². The predicted octanol–water partition coefficient (Wildman–Crippen LogP) is 7.40. The van der Waals surface area contributed by atoms with Gasteiger partial charge in [-0.05, 0) is 73.4 Å². The molecule has 2 aromatic rings. The highest BCUT2D eigenvalue weighted by molar-refractivity contribution is 5.91. The Bertz CT molecular complexity index is 821. The van der Waals surface area contributed by atoms with E-state index in [-0.39, 0.29) is 5.97 Å². The zero-order valence-corrected chi connectivity index (χ0v) is 19.4. The fourth-order valence-corrected chi connectivity index (χ4v) is 3.97. The molecule has 0 N–H and O–H groups in total. The van der Waals surface area contributed by atoms with Crippen molar-refractivity contribution >= 4 is 12.2 Å². The zero-order chi connectivity index (χ0) is 22.4. The zero-order valence-electron chi connectivity index (χ0n) is 19.4. The number of esters is 1. The predicted molar refractivity (Wildman–Crippen MR) is 131 cm³/mol. The molecule has 1 aliphatic rings. The van der Waals surface area contributed by atoms with Gasteiger partial charge >= 0.3 is 5.97 Å². The van der Waals surface area contributed by atoms with Crippen LogP contribution in [0, 0.1) is 0 Å². The molecule has 4 heteroatoms. The highest BCUT2D eigenvalue weighted by Gasteiger charge is 2.11. The monoisotopic (exact) mass is 435 g/mol. The van der Waals surface area contributed by atoms with E-state index in [9.17, 15) is 4.79 Å². The van der Waals surface area contributed by atoms with Gasteiger partial charge in [-0.25, -0.2) is 4.79 Å². The Morgan fingerprint density at radius 1 is 0.875 bits per heavy atom. The first kappa shape index (κ1) is 24.0. The second-order valence-electron chi connectivity index (χ2n) is 8.67. The van der Waals surface area contributed by atoms with Crippen molar-refractivity contribution < 1.29 is 14.3 Å². The maximum absolute atomic E-state index is 12.4. The Kier molecular flexibility index (Phi) is 10.3. The van der Waals surface area contributed by atoms with E-state index in [1.807, 2.05) is 42.6 Å². The number of nitrogens with zero attached hydrogens (tertiary/aromatic N) is 1. The summed E-state index contributed by atoms with van der Waals surface area (Å²) in [5.74, 6) is 0.959. The molecular formula is C28H37NO3. The summed E-state index contributed by atoms with van der Waals surface area (Å²) in [7, 11) is 0. The molecule has 172 valence electrons. The van der Waals surface area contributed by atoms with Crippen molar-refractivity contribution in [2.24, 2.45) is 4.99 Å². The SMILES string of the molecule is CCCCCCCCOc1ccc(C(=O)Oc2ccc(C=NC3CCCCC3)cc2)cc1. The Hall–Kier alpha value is -2.62. The van der Waals surface area contributed by atoms with E-state index in [1.54, 1.807) is 12.1 Å². The van der Waals surface area contributed by atoms with Gasteiger partial charge < -0.3 is 9.47 Å².